The lowest BCUT2D eigenvalue weighted by molar-refractivity contribution is -0.192. The van der Waals surface area contributed by atoms with Crippen LogP contribution in [0, 0.1) is 5.41 Å². The van der Waals surface area contributed by atoms with Gasteiger partial charge in [0.2, 0.25) is 5.91 Å². The highest BCUT2D eigenvalue weighted by molar-refractivity contribution is 9.10. The van der Waals surface area contributed by atoms with Crippen molar-refractivity contribution in [1.82, 2.24) is 19.8 Å². The fraction of sp³-hybridized carbons (Fsp3) is 0.323. The maximum Gasteiger partial charge on any atom is 0.403 e. The van der Waals surface area contributed by atoms with Gasteiger partial charge in [-0.05, 0) is 86.6 Å². The van der Waals surface area contributed by atoms with Gasteiger partial charge in [-0.1, -0.05) is 39.7 Å². The van der Waals surface area contributed by atoms with Crippen LogP contribution in [0.4, 0.5) is 18.9 Å². The number of aromatic nitrogens is 2. The molecule has 2 amide bonds. The number of hydrogen-bond acceptors (Lipinski definition) is 4. The van der Waals surface area contributed by atoms with E-state index in [1.54, 1.807) is 42.5 Å². The Balaban J connectivity index is 1.38. The van der Waals surface area contributed by atoms with Crippen molar-refractivity contribution in [3.05, 3.63) is 92.7 Å². The number of halogens is 5. The van der Waals surface area contributed by atoms with Gasteiger partial charge in [0.05, 0.1) is 11.0 Å². The molecule has 1 fully saturated rings. The van der Waals surface area contributed by atoms with Gasteiger partial charge >= 0.3 is 6.18 Å². The molecule has 43 heavy (non-hydrogen) atoms. The van der Waals surface area contributed by atoms with E-state index in [9.17, 15) is 22.8 Å². The van der Waals surface area contributed by atoms with E-state index in [0.29, 0.717) is 40.3 Å². The topological polar surface area (TPSA) is 79.3 Å². The second-order valence-corrected chi connectivity index (χ2v) is 12.3. The average molecular weight is 677 g/mol. The van der Waals surface area contributed by atoms with Gasteiger partial charge in [-0.25, -0.2) is 4.98 Å². The molecule has 0 atom stereocenters. The summed E-state index contributed by atoms with van der Waals surface area (Å²) in [5, 5.41) is 5.82. The van der Waals surface area contributed by atoms with Gasteiger partial charge in [-0.2, -0.15) is 13.2 Å². The first kappa shape index (κ1) is 31.0. The highest BCUT2D eigenvalue weighted by Gasteiger charge is 2.68. The third kappa shape index (κ3) is 6.89. The van der Waals surface area contributed by atoms with Crippen LogP contribution in [0.25, 0.3) is 11.0 Å². The summed E-state index contributed by atoms with van der Waals surface area (Å²) in [6.45, 7) is 1.33. The van der Waals surface area contributed by atoms with Crippen LogP contribution in [0.2, 0.25) is 5.02 Å². The molecule has 0 unspecified atom stereocenters. The minimum absolute atomic E-state index is 0.0469. The number of amides is 2. The lowest BCUT2D eigenvalue weighted by Gasteiger charge is -2.18. The van der Waals surface area contributed by atoms with Crippen molar-refractivity contribution in [3.63, 3.8) is 0 Å². The van der Waals surface area contributed by atoms with E-state index in [1.807, 2.05) is 32.3 Å². The fourth-order valence-electron chi connectivity index (χ4n) is 4.90. The Bertz CT molecular complexity index is 1670. The van der Waals surface area contributed by atoms with E-state index >= 15 is 0 Å². The quantitative estimate of drug-likeness (QED) is 0.193. The number of imidazole rings is 1. The lowest BCUT2D eigenvalue weighted by Crippen LogP contribution is -2.40. The van der Waals surface area contributed by atoms with Gasteiger partial charge in [0.1, 0.15) is 11.2 Å². The van der Waals surface area contributed by atoms with Gasteiger partial charge in [-0.3, -0.25) is 9.59 Å². The number of carbonyl (C=O) groups excluding carboxylic acids is 2. The van der Waals surface area contributed by atoms with Crippen molar-refractivity contribution < 1.29 is 22.8 Å². The fourth-order valence-corrected chi connectivity index (χ4v) is 5.35. The number of carbonyl (C=O) groups is 2. The summed E-state index contributed by atoms with van der Waals surface area (Å²) in [4.78, 5) is 32.2. The molecule has 7 nitrogen and oxygen atoms in total. The molecule has 0 spiro atoms. The monoisotopic (exact) mass is 675 g/mol. The van der Waals surface area contributed by atoms with Crippen LogP contribution in [0.3, 0.4) is 0 Å². The maximum absolute atomic E-state index is 13.3. The van der Waals surface area contributed by atoms with Crippen LogP contribution < -0.4 is 10.6 Å². The van der Waals surface area contributed by atoms with Crippen LogP contribution in [0.1, 0.15) is 40.2 Å². The Morgan fingerprint density at radius 1 is 1.07 bits per heavy atom. The summed E-state index contributed by atoms with van der Waals surface area (Å²) in [5.41, 5.74) is 1.72. The number of rotatable bonds is 10. The predicted molar refractivity (Wildman–Crippen MR) is 164 cm³/mol. The molecule has 1 aliphatic carbocycles. The van der Waals surface area contributed by atoms with Crippen molar-refractivity contribution >= 4 is 56.1 Å². The number of alkyl halides is 3. The number of fused-ring (bicyclic) bond motifs is 1. The third-order valence-electron chi connectivity index (χ3n) is 7.60. The van der Waals surface area contributed by atoms with E-state index in [2.05, 4.69) is 36.0 Å². The molecule has 1 aliphatic rings. The van der Waals surface area contributed by atoms with Crippen molar-refractivity contribution in [2.24, 2.45) is 5.41 Å². The second kappa shape index (κ2) is 12.3. The molecular formula is C31H30BrClF3N5O2. The molecule has 1 saturated carbocycles. The molecule has 0 radical (unpaired) electrons. The summed E-state index contributed by atoms with van der Waals surface area (Å²) < 4.78 is 43.0. The number of nitrogens with zero attached hydrogens (tertiary/aromatic N) is 3. The highest BCUT2D eigenvalue weighted by atomic mass is 79.9. The summed E-state index contributed by atoms with van der Waals surface area (Å²) in [5.74, 6) is -0.536. The molecule has 2 N–H and O–H groups in total. The minimum atomic E-state index is -4.56. The Labute approximate surface area is 260 Å². The van der Waals surface area contributed by atoms with E-state index in [4.69, 9.17) is 16.6 Å². The van der Waals surface area contributed by atoms with E-state index in [0.717, 1.165) is 27.9 Å². The third-order valence-corrected chi connectivity index (χ3v) is 8.50. The Morgan fingerprint density at radius 2 is 1.79 bits per heavy atom. The van der Waals surface area contributed by atoms with Gasteiger partial charge in [0.15, 0.2) is 0 Å². The van der Waals surface area contributed by atoms with Crippen LogP contribution >= 0.6 is 27.5 Å². The number of benzene rings is 3. The summed E-state index contributed by atoms with van der Waals surface area (Å²) in [6, 6.07) is 17.8. The molecule has 12 heteroatoms. The molecular weight excluding hydrogens is 647 g/mol. The molecule has 1 heterocycles. The van der Waals surface area contributed by atoms with Crippen LogP contribution in [-0.4, -0.2) is 53.1 Å². The zero-order valence-electron chi connectivity index (χ0n) is 23.6. The molecule has 0 bridgehead atoms. The standard InChI is InChI=1S/C31H30BrClF3N5O2/c1-40(2)13-14-41-26-10-4-20(28(42)38-23-7-5-22(32)6-8-23)16-25(26)39-27(41)17-21-15-19(3-9-24(21)33)18-37-29(43)30(11-12-30)31(34,35)36/h3-10,15-16H,11-14,17-18H2,1-2H3,(H,37,43)(H,38,42). The Kier molecular flexibility index (Phi) is 8.87. The van der Waals surface area contributed by atoms with Crippen molar-refractivity contribution in [1.29, 1.82) is 0 Å². The number of nitrogens with one attached hydrogen (secondary N) is 2. The summed E-state index contributed by atoms with van der Waals surface area (Å²) in [6.07, 6.45) is -4.60. The van der Waals surface area contributed by atoms with Crippen molar-refractivity contribution in [2.75, 3.05) is 26.0 Å². The minimum Gasteiger partial charge on any atom is -0.351 e. The molecule has 226 valence electrons. The first-order valence-electron chi connectivity index (χ1n) is 13.7. The predicted octanol–water partition coefficient (Wildman–Crippen LogP) is 6.82. The van der Waals surface area contributed by atoms with Gasteiger partial charge < -0.3 is 20.1 Å². The molecule has 4 aromatic rings. The average Bonchev–Trinajstić information content (AvgIpc) is 3.71. The van der Waals surface area contributed by atoms with Gasteiger partial charge in [-0.15, -0.1) is 0 Å². The number of anilines is 1. The molecule has 0 aliphatic heterocycles. The van der Waals surface area contributed by atoms with Crippen molar-refractivity contribution in [2.45, 2.75) is 38.5 Å². The molecule has 3 aromatic carbocycles. The summed E-state index contributed by atoms with van der Waals surface area (Å²) >= 11 is 9.93. The number of hydrogen-bond donors (Lipinski definition) is 2. The van der Waals surface area contributed by atoms with E-state index in [-0.39, 0.29) is 25.3 Å². The molecule has 1 aromatic heterocycles. The van der Waals surface area contributed by atoms with Crippen LogP contribution in [0.15, 0.2) is 65.1 Å². The molecule has 5 rings (SSSR count). The van der Waals surface area contributed by atoms with Crippen LogP contribution in [0.5, 0.6) is 0 Å². The Morgan fingerprint density at radius 3 is 2.44 bits per heavy atom. The SMILES string of the molecule is CN(C)CCn1c(Cc2cc(CNC(=O)C3(C(F)(F)F)CC3)ccc2Cl)nc2cc(C(=O)Nc3ccc(Br)cc3)ccc21. The maximum atomic E-state index is 13.3. The first-order valence-corrected chi connectivity index (χ1v) is 14.9. The second-order valence-electron chi connectivity index (χ2n) is 11.0. The van der Waals surface area contributed by atoms with E-state index < -0.39 is 17.5 Å². The zero-order valence-corrected chi connectivity index (χ0v) is 25.9. The highest BCUT2D eigenvalue weighted by Crippen LogP contribution is 2.57. The largest absolute Gasteiger partial charge is 0.403 e. The van der Waals surface area contributed by atoms with Crippen molar-refractivity contribution in [3.8, 4) is 0 Å². The first-order chi connectivity index (χ1) is 20.4. The zero-order chi connectivity index (χ0) is 30.9. The smallest absolute Gasteiger partial charge is 0.351 e. The summed E-state index contributed by atoms with van der Waals surface area (Å²) in [7, 11) is 3.95. The molecule has 0 saturated heterocycles. The normalized spacial score (nSPS) is 14.2. The van der Waals surface area contributed by atoms with Gasteiger partial charge in [0.25, 0.3) is 5.91 Å². The lowest BCUT2D eigenvalue weighted by atomic mass is 10.0. The van der Waals surface area contributed by atoms with E-state index in [1.165, 1.54) is 0 Å². The number of likely N-dealkylation sites (N-methyl/N-ethyl adjacent to an activating group) is 1. The van der Waals surface area contributed by atoms with Gasteiger partial charge in [0, 0.05) is 46.8 Å². The van der Waals surface area contributed by atoms with Crippen LogP contribution in [-0.2, 0) is 24.3 Å². The Hall–Kier alpha value is -3.41.